The molecule has 1 aromatic carbocycles. The molecule has 4 nitrogen and oxygen atoms in total. The SMILES string of the molecule is CC(=O)c1ccc(OCCN2CCCC2)cc1N. The molecule has 0 saturated carbocycles. The molecule has 2 rings (SSSR count). The van der Waals surface area contributed by atoms with Crippen molar-refractivity contribution in [2.75, 3.05) is 32.0 Å². The van der Waals surface area contributed by atoms with Crippen LogP contribution in [0.15, 0.2) is 18.2 Å². The van der Waals surface area contributed by atoms with Crippen LogP contribution < -0.4 is 10.5 Å². The number of nitrogen functional groups attached to an aromatic ring is 1. The second kappa shape index (κ2) is 5.87. The molecule has 0 atom stereocenters. The van der Waals surface area contributed by atoms with Gasteiger partial charge >= 0.3 is 0 Å². The van der Waals surface area contributed by atoms with Crippen molar-refractivity contribution in [3.8, 4) is 5.75 Å². The van der Waals surface area contributed by atoms with Crippen molar-refractivity contribution in [3.05, 3.63) is 23.8 Å². The maximum atomic E-state index is 11.2. The summed E-state index contributed by atoms with van der Waals surface area (Å²) in [6.07, 6.45) is 2.58. The molecule has 18 heavy (non-hydrogen) atoms. The van der Waals surface area contributed by atoms with E-state index >= 15 is 0 Å². The lowest BCUT2D eigenvalue weighted by Crippen LogP contribution is -2.25. The van der Waals surface area contributed by atoms with Crippen LogP contribution in [0.25, 0.3) is 0 Å². The molecular weight excluding hydrogens is 228 g/mol. The monoisotopic (exact) mass is 248 g/mol. The number of likely N-dealkylation sites (tertiary alicyclic amines) is 1. The molecule has 0 spiro atoms. The van der Waals surface area contributed by atoms with E-state index < -0.39 is 0 Å². The Bertz CT molecular complexity index is 426. The molecule has 0 unspecified atom stereocenters. The number of carbonyl (C=O) groups excluding carboxylic acids is 1. The molecule has 1 aromatic rings. The van der Waals surface area contributed by atoms with E-state index in [1.54, 1.807) is 18.2 Å². The second-order valence-corrected chi connectivity index (χ2v) is 4.70. The van der Waals surface area contributed by atoms with Crippen LogP contribution in [0.4, 0.5) is 5.69 Å². The average molecular weight is 248 g/mol. The highest BCUT2D eigenvalue weighted by Crippen LogP contribution is 2.20. The highest BCUT2D eigenvalue weighted by molar-refractivity contribution is 5.99. The number of nitrogens with two attached hydrogens (primary N) is 1. The van der Waals surface area contributed by atoms with E-state index in [-0.39, 0.29) is 5.78 Å². The minimum absolute atomic E-state index is 0.0175. The molecule has 0 radical (unpaired) electrons. The van der Waals surface area contributed by atoms with Gasteiger partial charge < -0.3 is 10.5 Å². The summed E-state index contributed by atoms with van der Waals surface area (Å²) in [6, 6.07) is 5.25. The zero-order valence-corrected chi connectivity index (χ0v) is 10.8. The van der Waals surface area contributed by atoms with Gasteiger partial charge in [0.25, 0.3) is 0 Å². The summed E-state index contributed by atoms with van der Waals surface area (Å²) in [5, 5.41) is 0. The largest absolute Gasteiger partial charge is 0.492 e. The maximum absolute atomic E-state index is 11.2. The highest BCUT2D eigenvalue weighted by Gasteiger charge is 2.11. The van der Waals surface area contributed by atoms with Crippen LogP contribution in [-0.2, 0) is 0 Å². The van der Waals surface area contributed by atoms with Gasteiger partial charge in [-0.25, -0.2) is 0 Å². The Morgan fingerprint density at radius 2 is 2.11 bits per heavy atom. The first kappa shape index (κ1) is 12.9. The molecule has 1 aliphatic heterocycles. The van der Waals surface area contributed by atoms with Crippen LogP contribution in [0.3, 0.4) is 0 Å². The summed E-state index contributed by atoms with van der Waals surface area (Å²) in [4.78, 5) is 13.6. The van der Waals surface area contributed by atoms with Gasteiger partial charge in [0.1, 0.15) is 12.4 Å². The minimum atomic E-state index is -0.0175. The molecule has 98 valence electrons. The lowest BCUT2D eigenvalue weighted by atomic mass is 10.1. The van der Waals surface area contributed by atoms with E-state index in [1.807, 2.05) is 0 Å². The molecule has 0 aromatic heterocycles. The normalized spacial score (nSPS) is 15.8. The Labute approximate surface area is 108 Å². The third-order valence-electron chi connectivity index (χ3n) is 3.28. The zero-order valence-electron chi connectivity index (χ0n) is 10.8. The number of ketones is 1. The summed E-state index contributed by atoms with van der Waals surface area (Å²) < 4.78 is 5.65. The van der Waals surface area contributed by atoms with Gasteiger partial charge in [-0.3, -0.25) is 9.69 Å². The van der Waals surface area contributed by atoms with Gasteiger partial charge in [-0.2, -0.15) is 0 Å². The third-order valence-corrected chi connectivity index (χ3v) is 3.28. The number of rotatable bonds is 5. The summed E-state index contributed by atoms with van der Waals surface area (Å²) in [5.41, 5.74) is 6.85. The van der Waals surface area contributed by atoms with Gasteiger partial charge in [0.05, 0.1) is 0 Å². The van der Waals surface area contributed by atoms with Crippen LogP contribution in [0.1, 0.15) is 30.1 Å². The number of hydrogen-bond acceptors (Lipinski definition) is 4. The van der Waals surface area contributed by atoms with E-state index in [4.69, 9.17) is 10.5 Å². The van der Waals surface area contributed by atoms with Gasteiger partial charge in [0.15, 0.2) is 5.78 Å². The molecule has 0 bridgehead atoms. The molecule has 0 amide bonds. The van der Waals surface area contributed by atoms with Gasteiger partial charge in [-0.1, -0.05) is 0 Å². The zero-order chi connectivity index (χ0) is 13.0. The van der Waals surface area contributed by atoms with Crippen molar-refractivity contribution < 1.29 is 9.53 Å². The number of anilines is 1. The smallest absolute Gasteiger partial charge is 0.161 e. The first-order chi connectivity index (χ1) is 8.66. The van der Waals surface area contributed by atoms with Gasteiger partial charge in [-0.15, -0.1) is 0 Å². The molecule has 4 heteroatoms. The van der Waals surface area contributed by atoms with E-state index in [0.717, 1.165) is 12.3 Å². The first-order valence-corrected chi connectivity index (χ1v) is 6.42. The topological polar surface area (TPSA) is 55.6 Å². The van der Waals surface area contributed by atoms with Crippen LogP contribution in [0.2, 0.25) is 0 Å². The van der Waals surface area contributed by atoms with Crippen molar-refractivity contribution in [2.45, 2.75) is 19.8 Å². The number of nitrogens with zero attached hydrogens (tertiary/aromatic N) is 1. The maximum Gasteiger partial charge on any atom is 0.161 e. The standard InChI is InChI=1S/C14H20N2O2/c1-11(17)13-5-4-12(10-14(13)15)18-9-8-16-6-2-3-7-16/h4-5,10H,2-3,6-9,15H2,1H3. The van der Waals surface area contributed by atoms with Gasteiger partial charge in [0, 0.05) is 23.9 Å². The van der Waals surface area contributed by atoms with Crippen molar-refractivity contribution in [2.24, 2.45) is 0 Å². The quantitative estimate of drug-likeness (QED) is 0.639. The van der Waals surface area contributed by atoms with E-state index in [0.29, 0.717) is 17.9 Å². The molecule has 1 fully saturated rings. The Balaban J connectivity index is 1.85. The molecule has 1 saturated heterocycles. The number of ether oxygens (including phenoxy) is 1. The molecule has 2 N–H and O–H groups in total. The van der Waals surface area contributed by atoms with Crippen molar-refractivity contribution in [1.82, 2.24) is 4.90 Å². The Morgan fingerprint density at radius 3 is 2.72 bits per heavy atom. The molecule has 0 aliphatic carbocycles. The van der Waals surface area contributed by atoms with Crippen molar-refractivity contribution in [3.63, 3.8) is 0 Å². The summed E-state index contributed by atoms with van der Waals surface area (Å²) in [5.74, 6) is 0.716. The summed E-state index contributed by atoms with van der Waals surface area (Å²) >= 11 is 0. The molecular formula is C14H20N2O2. The third kappa shape index (κ3) is 3.23. The van der Waals surface area contributed by atoms with Crippen LogP contribution >= 0.6 is 0 Å². The second-order valence-electron chi connectivity index (χ2n) is 4.70. The Kier molecular flexibility index (Phi) is 4.20. The first-order valence-electron chi connectivity index (χ1n) is 6.42. The van der Waals surface area contributed by atoms with Gasteiger partial charge in [0.2, 0.25) is 0 Å². The number of benzene rings is 1. The molecule has 1 aliphatic rings. The summed E-state index contributed by atoms with van der Waals surface area (Å²) in [7, 11) is 0. The average Bonchev–Trinajstić information content (AvgIpc) is 2.81. The van der Waals surface area contributed by atoms with Crippen molar-refractivity contribution in [1.29, 1.82) is 0 Å². The number of Topliss-reactive ketones (excluding diaryl/α,β-unsaturated/α-hetero) is 1. The lowest BCUT2D eigenvalue weighted by molar-refractivity contribution is 0.101. The van der Waals surface area contributed by atoms with Crippen LogP contribution in [0.5, 0.6) is 5.75 Å². The van der Waals surface area contributed by atoms with E-state index in [1.165, 1.54) is 32.9 Å². The van der Waals surface area contributed by atoms with Gasteiger partial charge in [-0.05, 0) is 45.0 Å². The van der Waals surface area contributed by atoms with Crippen LogP contribution in [0, 0.1) is 0 Å². The number of carbonyl (C=O) groups is 1. The Hall–Kier alpha value is -1.55. The minimum Gasteiger partial charge on any atom is -0.492 e. The van der Waals surface area contributed by atoms with E-state index in [9.17, 15) is 4.79 Å². The fourth-order valence-corrected chi connectivity index (χ4v) is 2.25. The van der Waals surface area contributed by atoms with Crippen molar-refractivity contribution >= 4 is 11.5 Å². The summed E-state index contributed by atoms with van der Waals surface area (Å²) in [6.45, 7) is 5.48. The lowest BCUT2D eigenvalue weighted by Gasteiger charge is -2.15. The number of hydrogen-bond donors (Lipinski definition) is 1. The van der Waals surface area contributed by atoms with E-state index in [2.05, 4.69) is 4.90 Å². The highest BCUT2D eigenvalue weighted by atomic mass is 16.5. The Morgan fingerprint density at radius 1 is 1.39 bits per heavy atom. The fraction of sp³-hybridized carbons (Fsp3) is 0.500. The predicted molar refractivity (Wildman–Crippen MR) is 72.0 cm³/mol. The fourth-order valence-electron chi connectivity index (χ4n) is 2.25. The predicted octanol–water partition coefficient (Wildman–Crippen LogP) is 1.95. The van der Waals surface area contributed by atoms with Crippen LogP contribution in [-0.4, -0.2) is 36.9 Å². The molecule has 1 heterocycles.